The van der Waals surface area contributed by atoms with Gasteiger partial charge < -0.3 is 15.2 Å². The highest BCUT2D eigenvalue weighted by atomic mass is 16.5. The molecule has 0 heterocycles. The first kappa shape index (κ1) is 13.8. The largest absolute Gasteiger partial charge is 0.492 e. The Labute approximate surface area is 103 Å². The Morgan fingerprint density at radius 3 is 2.53 bits per heavy atom. The van der Waals surface area contributed by atoms with Crippen molar-refractivity contribution in [3.8, 4) is 5.75 Å². The molecular formula is C13H22N2O2. The van der Waals surface area contributed by atoms with E-state index in [0.29, 0.717) is 12.6 Å². The van der Waals surface area contributed by atoms with Crippen LogP contribution >= 0.6 is 0 Å². The molecule has 0 spiro atoms. The van der Waals surface area contributed by atoms with Crippen LogP contribution in [-0.4, -0.2) is 44.9 Å². The Hall–Kier alpha value is -1.26. The molecule has 2 N–H and O–H groups in total. The summed E-state index contributed by atoms with van der Waals surface area (Å²) < 4.78 is 10.7. The number of hydrogen-bond donors (Lipinski definition) is 1. The normalized spacial score (nSPS) is 12.7. The van der Waals surface area contributed by atoms with Crippen LogP contribution in [0.5, 0.6) is 5.75 Å². The van der Waals surface area contributed by atoms with E-state index in [4.69, 9.17) is 15.2 Å². The zero-order chi connectivity index (χ0) is 12.7. The van der Waals surface area contributed by atoms with Gasteiger partial charge in [0.05, 0.1) is 6.61 Å². The number of benzene rings is 1. The fourth-order valence-corrected chi connectivity index (χ4v) is 1.46. The molecule has 0 bridgehead atoms. The third-order valence-electron chi connectivity index (χ3n) is 2.75. The van der Waals surface area contributed by atoms with Crippen molar-refractivity contribution in [3.63, 3.8) is 0 Å². The first-order chi connectivity index (χ1) is 8.13. The van der Waals surface area contributed by atoms with Gasteiger partial charge in [-0.2, -0.15) is 0 Å². The van der Waals surface area contributed by atoms with E-state index in [9.17, 15) is 0 Å². The van der Waals surface area contributed by atoms with Crippen LogP contribution in [0.15, 0.2) is 24.3 Å². The molecule has 96 valence electrons. The summed E-state index contributed by atoms with van der Waals surface area (Å²) in [6, 6.07) is 7.84. The number of nitrogen functional groups attached to an aromatic ring is 1. The van der Waals surface area contributed by atoms with E-state index in [1.807, 2.05) is 24.3 Å². The highest BCUT2D eigenvalue weighted by Gasteiger charge is 2.08. The van der Waals surface area contributed by atoms with Crippen LogP contribution in [-0.2, 0) is 4.74 Å². The van der Waals surface area contributed by atoms with Crippen LogP contribution in [0, 0.1) is 0 Å². The zero-order valence-corrected chi connectivity index (χ0v) is 10.8. The topological polar surface area (TPSA) is 47.7 Å². The molecule has 0 aliphatic rings. The SMILES string of the molecule is COCC(C)N(C)CCOc1ccc(N)cc1. The molecule has 1 rings (SSSR count). The van der Waals surface area contributed by atoms with Gasteiger partial charge in [-0.3, -0.25) is 4.90 Å². The number of anilines is 1. The second kappa shape index (κ2) is 7.14. The van der Waals surface area contributed by atoms with Crippen LogP contribution in [0.1, 0.15) is 6.92 Å². The van der Waals surface area contributed by atoms with Gasteiger partial charge in [0.1, 0.15) is 12.4 Å². The van der Waals surface area contributed by atoms with Crippen molar-refractivity contribution in [1.29, 1.82) is 0 Å². The van der Waals surface area contributed by atoms with Crippen molar-refractivity contribution in [2.24, 2.45) is 0 Å². The van der Waals surface area contributed by atoms with E-state index >= 15 is 0 Å². The van der Waals surface area contributed by atoms with E-state index in [-0.39, 0.29) is 0 Å². The van der Waals surface area contributed by atoms with Gasteiger partial charge in [0.2, 0.25) is 0 Å². The summed E-state index contributed by atoms with van der Waals surface area (Å²) in [5.41, 5.74) is 6.35. The van der Waals surface area contributed by atoms with E-state index in [0.717, 1.165) is 24.6 Å². The van der Waals surface area contributed by atoms with E-state index in [1.165, 1.54) is 0 Å². The lowest BCUT2D eigenvalue weighted by atomic mass is 10.3. The van der Waals surface area contributed by atoms with Crippen LogP contribution < -0.4 is 10.5 Å². The van der Waals surface area contributed by atoms with Crippen molar-refractivity contribution in [3.05, 3.63) is 24.3 Å². The molecule has 17 heavy (non-hydrogen) atoms. The molecule has 0 radical (unpaired) electrons. The molecule has 0 aliphatic heterocycles. The Kier molecular flexibility index (Phi) is 5.80. The maximum Gasteiger partial charge on any atom is 0.119 e. The Morgan fingerprint density at radius 2 is 1.94 bits per heavy atom. The van der Waals surface area contributed by atoms with Gasteiger partial charge in [0.25, 0.3) is 0 Å². The Bertz CT molecular complexity index is 314. The summed E-state index contributed by atoms with van der Waals surface area (Å²) in [5.74, 6) is 0.854. The van der Waals surface area contributed by atoms with Crippen LogP contribution in [0.2, 0.25) is 0 Å². The van der Waals surface area contributed by atoms with Crippen molar-refractivity contribution in [2.45, 2.75) is 13.0 Å². The second-order valence-electron chi connectivity index (χ2n) is 4.20. The molecule has 0 aromatic heterocycles. The molecule has 4 heteroatoms. The summed E-state index contributed by atoms with van der Waals surface area (Å²) in [6.07, 6.45) is 0. The molecule has 0 saturated carbocycles. The van der Waals surface area contributed by atoms with E-state index in [1.54, 1.807) is 7.11 Å². The van der Waals surface area contributed by atoms with E-state index in [2.05, 4.69) is 18.9 Å². The highest BCUT2D eigenvalue weighted by Crippen LogP contribution is 2.12. The van der Waals surface area contributed by atoms with Crippen molar-refractivity contribution in [1.82, 2.24) is 4.90 Å². The molecule has 0 aliphatic carbocycles. The van der Waals surface area contributed by atoms with Crippen molar-refractivity contribution in [2.75, 3.05) is 39.6 Å². The van der Waals surface area contributed by atoms with Gasteiger partial charge in [-0.1, -0.05) is 0 Å². The number of ether oxygens (including phenoxy) is 2. The quantitative estimate of drug-likeness (QED) is 0.733. The standard InChI is InChI=1S/C13H22N2O2/c1-11(10-16-3)15(2)8-9-17-13-6-4-12(14)5-7-13/h4-7,11H,8-10,14H2,1-3H3. The third-order valence-corrected chi connectivity index (χ3v) is 2.75. The molecule has 0 saturated heterocycles. The molecular weight excluding hydrogens is 216 g/mol. The van der Waals surface area contributed by atoms with E-state index < -0.39 is 0 Å². The minimum atomic E-state index is 0.398. The highest BCUT2D eigenvalue weighted by molar-refractivity contribution is 5.41. The number of hydrogen-bond acceptors (Lipinski definition) is 4. The predicted octanol–water partition coefficient (Wildman–Crippen LogP) is 1.61. The fourth-order valence-electron chi connectivity index (χ4n) is 1.46. The Balaban J connectivity index is 2.25. The summed E-state index contributed by atoms with van der Waals surface area (Å²) in [7, 11) is 3.78. The number of methoxy groups -OCH3 is 1. The summed E-state index contributed by atoms with van der Waals surface area (Å²) >= 11 is 0. The summed E-state index contributed by atoms with van der Waals surface area (Å²) in [4.78, 5) is 2.21. The van der Waals surface area contributed by atoms with Crippen LogP contribution in [0.3, 0.4) is 0 Å². The number of likely N-dealkylation sites (N-methyl/N-ethyl adjacent to an activating group) is 1. The third kappa shape index (κ3) is 5.06. The molecule has 1 atom stereocenters. The molecule has 1 unspecified atom stereocenters. The summed E-state index contributed by atoms with van der Waals surface area (Å²) in [6.45, 7) is 4.40. The minimum absolute atomic E-state index is 0.398. The fraction of sp³-hybridized carbons (Fsp3) is 0.538. The maximum atomic E-state index is 5.62. The lowest BCUT2D eigenvalue weighted by Gasteiger charge is -2.23. The lowest BCUT2D eigenvalue weighted by molar-refractivity contribution is 0.105. The number of rotatable bonds is 7. The minimum Gasteiger partial charge on any atom is -0.492 e. The molecule has 1 aromatic carbocycles. The van der Waals surface area contributed by atoms with Crippen molar-refractivity contribution < 1.29 is 9.47 Å². The van der Waals surface area contributed by atoms with Gasteiger partial charge in [-0.15, -0.1) is 0 Å². The van der Waals surface area contributed by atoms with Crippen molar-refractivity contribution >= 4 is 5.69 Å². The predicted molar refractivity (Wildman–Crippen MR) is 70.3 cm³/mol. The average molecular weight is 238 g/mol. The van der Waals surface area contributed by atoms with Gasteiger partial charge in [0, 0.05) is 25.4 Å². The molecule has 0 fully saturated rings. The van der Waals surface area contributed by atoms with Crippen LogP contribution in [0.4, 0.5) is 5.69 Å². The second-order valence-corrected chi connectivity index (χ2v) is 4.20. The lowest BCUT2D eigenvalue weighted by Crippen LogP contribution is -2.35. The average Bonchev–Trinajstić information content (AvgIpc) is 2.32. The maximum absolute atomic E-state index is 5.62. The van der Waals surface area contributed by atoms with Crippen LogP contribution in [0.25, 0.3) is 0 Å². The Morgan fingerprint density at radius 1 is 1.29 bits per heavy atom. The van der Waals surface area contributed by atoms with Gasteiger partial charge in [-0.05, 0) is 38.2 Å². The first-order valence-corrected chi connectivity index (χ1v) is 5.81. The molecule has 0 amide bonds. The van der Waals surface area contributed by atoms with Gasteiger partial charge in [0.15, 0.2) is 0 Å². The van der Waals surface area contributed by atoms with Gasteiger partial charge in [-0.25, -0.2) is 0 Å². The molecule has 4 nitrogen and oxygen atoms in total. The first-order valence-electron chi connectivity index (χ1n) is 5.81. The zero-order valence-electron chi connectivity index (χ0n) is 10.8. The summed E-state index contributed by atoms with van der Waals surface area (Å²) in [5, 5.41) is 0. The monoisotopic (exact) mass is 238 g/mol. The number of nitrogens with zero attached hydrogens (tertiary/aromatic N) is 1. The number of nitrogens with two attached hydrogens (primary N) is 1. The smallest absolute Gasteiger partial charge is 0.119 e. The molecule has 1 aromatic rings. The van der Waals surface area contributed by atoms with Gasteiger partial charge >= 0.3 is 0 Å².